The fourth-order valence-corrected chi connectivity index (χ4v) is 1.77. The number of rotatable bonds is 4. The molecule has 0 aliphatic heterocycles. The third-order valence-corrected chi connectivity index (χ3v) is 3.20. The quantitative estimate of drug-likeness (QED) is 0.670. The molecule has 23 heavy (non-hydrogen) atoms. The Labute approximate surface area is 132 Å². The van der Waals surface area contributed by atoms with Crippen molar-refractivity contribution in [1.82, 2.24) is 19.5 Å². The van der Waals surface area contributed by atoms with Gasteiger partial charge in [-0.2, -0.15) is 5.10 Å². The molecule has 9 nitrogen and oxygen atoms in total. The molecule has 1 N–H and O–H groups in total. The maximum Gasteiger partial charge on any atom is 0.427 e. The normalized spacial score (nSPS) is 10.7. The van der Waals surface area contributed by atoms with Gasteiger partial charge in [0.25, 0.3) is 5.91 Å². The smallest absolute Gasteiger partial charge is 0.427 e. The van der Waals surface area contributed by atoms with E-state index in [2.05, 4.69) is 15.1 Å². The van der Waals surface area contributed by atoms with Crippen LogP contribution in [0.1, 0.15) is 16.3 Å². The highest BCUT2D eigenvalue weighted by molar-refractivity contribution is 6.04. The van der Waals surface area contributed by atoms with Crippen LogP contribution < -0.4 is 4.90 Å². The van der Waals surface area contributed by atoms with Gasteiger partial charge in [-0.1, -0.05) is 0 Å². The molecule has 120 valence electrons. The molecule has 2 amide bonds. The fourth-order valence-electron chi connectivity index (χ4n) is 1.77. The number of imidazole rings is 1. The molecule has 0 aliphatic rings. The largest absolute Gasteiger partial charge is 0.464 e. The van der Waals surface area contributed by atoms with Crippen molar-refractivity contribution in [2.45, 2.75) is 0 Å². The average molecular weight is 316 g/mol. The van der Waals surface area contributed by atoms with E-state index in [9.17, 15) is 9.59 Å². The number of hydrogen-bond acceptors (Lipinski definition) is 5. The molecule has 0 fully saturated rings. The van der Waals surface area contributed by atoms with Crippen molar-refractivity contribution < 1.29 is 14.7 Å². The second-order valence-corrected chi connectivity index (χ2v) is 4.69. The molecular formula is C14H16N6O3. The van der Waals surface area contributed by atoms with Crippen LogP contribution in [-0.4, -0.2) is 57.0 Å². The number of hydrogen-bond donors (Lipinski definition) is 1. The number of aromatic nitrogens is 3. The average Bonchev–Trinajstić information content (AvgIpc) is 2.92. The fraction of sp³-hybridized carbons (Fsp3) is 0.214. The van der Waals surface area contributed by atoms with Crippen LogP contribution in [0.3, 0.4) is 0 Å². The second-order valence-electron chi connectivity index (χ2n) is 4.69. The van der Waals surface area contributed by atoms with Crippen molar-refractivity contribution in [3.63, 3.8) is 0 Å². The zero-order valence-corrected chi connectivity index (χ0v) is 12.9. The number of carboxylic acid groups (broad SMARTS) is 1. The van der Waals surface area contributed by atoms with Gasteiger partial charge in [0.05, 0.1) is 24.3 Å². The molecular weight excluding hydrogens is 300 g/mol. The molecule has 2 aromatic rings. The van der Waals surface area contributed by atoms with E-state index in [4.69, 9.17) is 5.11 Å². The molecule has 0 radical (unpaired) electrons. The minimum Gasteiger partial charge on any atom is -0.464 e. The summed E-state index contributed by atoms with van der Waals surface area (Å²) in [7, 11) is 4.59. The molecule has 0 aromatic carbocycles. The van der Waals surface area contributed by atoms with Gasteiger partial charge in [-0.25, -0.2) is 14.8 Å². The van der Waals surface area contributed by atoms with Crippen LogP contribution in [0.15, 0.2) is 35.8 Å². The van der Waals surface area contributed by atoms with E-state index in [-0.39, 0.29) is 5.91 Å². The summed E-state index contributed by atoms with van der Waals surface area (Å²) in [5, 5.41) is 13.2. The molecule has 0 aliphatic carbocycles. The first-order valence-corrected chi connectivity index (χ1v) is 6.62. The predicted molar refractivity (Wildman–Crippen MR) is 83.6 cm³/mol. The summed E-state index contributed by atoms with van der Waals surface area (Å²) in [6.07, 6.45) is 4.70. The first-order valence-electron chi connectivity index (χ1n) is 6.62. The van der Waals surface area contributed by atoms with Gasteiger partial charge in [-0.15, -0.1) is 0 Å². The van der Waals surface area contributed by atoms with Gasteiger partial charge in [0, 0.05) is 27.3 Å². The third-order valence-electron chi connectivity index (χ3n) is 3.20. The van der Waals surface area contributed by atoms with E-state index in [0.717, 1.165) is 5.01 Å². The summed E-state index contributed by atoms with van der Waals surface area (Å²) in [6, 6.07) is 3.51. The van der Waals surface area contributed by atoms with E-state index in [1.54, 1.807) is 38.6 Å². The zero-order valence-electron chi connectivity index (χ0n) is 12.9. The molecule has 0 saturated carbocycles. The second kappa shape index (κ2) is 6.69. The number of pyridine rings is 1. The molecule has 9 heteroatoms. The van der Waals surface area contributed by atoms with Crippen molar-refractivity contribution in [2.75, 3.05) is 19.0 Å². The Morgan fingerprint density at radius 1 is 1.35 bits per heavy atom. The lowest BCUT2D eigenvalue weighted by Gasteiger charge is -2.16. The Bertz CT molecular complexity index is 740. The van der Waals surface area contributed by atoms with Crippen LogP contribution in [0.25, 0.3) is 0 Å². The number of anilines is 1. The molecule has 2 aromatic heterocycles. The lowest BCUT2D eigenvalue weighted by atomic mass is 10.3. The van der Waals surface area contributed by atoms with E-state index >= 15 is 0 Å². The van der Waals surface area contributed by atoms with Gasteiger partial charge >= 0.3 is 6.09 Å². The maximum absolute atomic E-state index is 12.5. The standard InChI is InChI=1S/C14H16N6O3/c1-18(10-5-4-6-15-7-10)13(21)11-8-16-12(19(11)2)9-17-20(3)14(22)23/h4-9H,1-3H3,(H,22,23)/b17-9+. The van der Waals surface area contributed by atoms with Gasteiger partial charge in [0.2, 0.25) is 0 Å². The molecule has 2 rings (SSSR count). The number of carbonyl (C=O) groups excluding carboxylic acids is 1. The zero-order chi connectivity index (χ0) is 17.0. The van der Waals surface area contributed by atoms with Crippen LogP contribution in [0.4, 0.5) is 10.5 Å². The number of nitrogens with zero attached hydrogens (tertiary/aromatic N) is 6. The van der Waals surface area contributed by atoms with E-state index in [1.807, 2.05) is 0 Å². The van der Waals surface area contributed by atoms with Crippen molar-refractivity contribution in [1.29, 1.82) is 0 Å². The molecule has 0 unspecified atom stereocenters. The van der Waals surface area contributed by atoms with E-state index in [0.29, 0.717) is 17.2 Å². The highest BCUT2D eigenvalue weighted by atomic mass is 16.4. The lowest BCUT2D eigenvalue weighted by Crippen LogP contribution is -2.28. The minimum atomic E-state index is -1.19. The van der Waals surface area contributed by atoms with Crippen LogP contribution in [0.2, 0.25) is 0 Å². The molecule has 0 bridgehead atoms. The van der Waals surface area contributed by atoms with Gasteiger partial charge in [-0.3, -0.25) is 9.78 Å². The lowest BCUT2D eigenvalue weighted by molar-refractivity contribution is 0.0985. The number of carbonyl (C=O) groups is 2. The van der Waals surface area contributed by atoms with E-state index in [1.165, 1.54) is 28.9 Å². The summed E-state index contributed by atoms with van der Waals surface area (Å²) in [5.41, 5.74) is 0.996. The number of hydrazone groups is 1. The Morgan fingerprint density at radius 3 is 2.70 bits per heavy atom. The van der Waals surface area contributed by atoms with Gasteiger partial charge in [0.1, 0.15) is 5.69 Å². The first-order chi connectivity index (χ1) is 10.9. The summed E-state index contributed by atoms with van der Waals surface area (Å²) in [5.74, 6) is 0.0975. The molecule has 0 atom stereocenters. The first kappa shape index (κ1) is 16.1. The molecule has 0 spiro atoms. The van der Waals surface area contributed by atoms with Gasteiger partial charge in [0.15, 0.2) is 5.82 Å². The van der Waals surface area contributed by atoms with Crippen molar-refractivity contribution in [2.24, 2.45) is 12.1 Å². The molecule has 0 saturated heterocycles. The topological polar surface area (TPSA) is 104 Å². The Balaban J connectivity index is 2.22. The Hall–Kier alpha value is -3.23. The van der Waals surface area contributed by atoms with Crippen molar-refractivity contribution in [3.05, 3.63) is 42.2 Å². The third kappa shape index (κ3) is 3.51. The summed E-state index contributed by atoms with van der Waals surface area (Å²) < 4.78 is 1.54. The van der Waals surface area contributed by atoms with Crippen LogP contribution in [0, 0.1) is 0 Å². The Morgan fingerprint density at radius 2 is 2.09 bits per heavy atom. The maximum atomic E-state index is 12.5. The minimum absolute atomic E-state index is 0.265. The number of amides is 2. The molecule has 2 heterocycles. The predicted octanol–water partition coefficient (Wildman–Crippen LogP) is 1.04. The van der Waals surface area contributed by atoms with E-state index < -0.39 is 6.09 Å². The summed E-state index contributed by atoms with van der Waals surface area (Å²) in [6.45, 7) is 0. The van der Waals surface area contributed by atoms with Crippen LogP contribution >= 0.6 is 0 Å². The Kier molecular flexibility index (Phi) is 4.69. The highest BCUT2D eigenvalue weighted by Gasteiger charge is 2.18. The SMILES string of the molecule is CN(/N=C/c1ncc(C(=O)N(C)c2cccnc2)n1C)C(=O)O. The van der Waals surface area contributed by atoms with Crippen molar-refractivity contribution >= 4 is 23.9 Å². The van der Waals surface area contributed by atoms with Gasteiger partial charge < -0.3 is 14.6 Å². The van der Waals surface area contributed by atoms with Crippen molar-refractivity contribution in [3.8, 4) is 0 Å². The van der Waals surface area contributed by atoms with Crippen LogP contribution in [0.5, 0.6) is 0 Å². The summed E-state index contributed by atoms with van der Waals surface area (Å²) >= 11 is 0. The van der Waals surface area contributed by atoms with Gasteiger partial charge in [-0.05, 0) is 12.1 Å². The highest BCUT2D eigenvalue weighted by Crippen LogP contribution is 2.13. The monoisotopic (exact) mass is 316 g/mol. The van der Waals surface area contributed by atoms with Crippen LogP contribution in [-0.2, 0) is 7.05 Å². The summed E-state index contributed by atoms with van der Waals surface area (Å²) in [4.78, 5) is 32.7.